The van der Waals surface area contributed by atoms with Crippen molar-refractivity contribution in [2.24, 2.45) is 22.7 Å². The highest BCUT2D eigenvalue weighted by atomic mass is 16.5. The van der Waals surface area contributed by atoms with Crippen LogP contribution in [0.4, 0.5) is 0 Å². The zero-order chi connectivity index (χ0) is 16.0. The molecule has 0 saturated heterocycles. The Morgan fingerprint density at radius 1 is 1.32 bits per heavy atom. The van der Waals surface area contributed by atoms with Gasteiger partial charge >= 0.3 is 5.97 Å². The molecule has 2 nitrogen and oxygen atoms in total. The van der Waals surface area contributed by atoms with E-state index in [-0.39, 0.29) is 5.97 Å². The van der Waals surface area contributed by atoms with E-state index in [2.05, 4.69) is 27.4 Å². The molecule has 2 aliphatic carbocycles. The lowest BCUT2D eigenvalue weighted by Gasteiger charge is -2.58. The van der Waals surface area contributed by atoms with Crippen LogP contribution in [0.2, 0.25) is 0 Å². The van der Waals surface area contributed by atoms with Crippen molar-refractivity contribution in [3.8, 4) is 0 Å². The van der Waals surface area contributed by atoms with Crippen LogP contribution in [0.15, 0.2) is 23.8 Å². The molecule has 2 heteroatoms. The lowest BCUT2D eigenvalue weighted by Crippen LogP contribution is -2.49. The predicted octanol–water partition coefficient (Wildman–Crippen LogP) is 5.05. The molecule has 2 fully saturated rings. The fraction of sp³-hybridized carbons (Fsp3) is 0.750. The number of rotatable bonds is 3. The maximum absolute atomic E-state index is 11.7. The van der Waals surface area contributed by atoms with Gasteiger partial charge in [0.1, 0.15) is 6.61 Å². The fourth-order valence-corrected chi connectivity index (χ4v) is 5.71. The summed E-state index contributed by atoms with van der Waals surface area (Å²) in [6.45, 7) is 12.3. The first kappa shape index (κ1) is 15.8. The third-order valence-corrected chi connectivity index (χ3v) is 6.83. The van der Waals surface area contributed by atoms with Crippen molar-refractivity contribution < 1.29 is 9.53 Å². The largest absolute Gasteiger partial charge is 0.458 e. The molecule has 1 aliphatic heterocycles. The predicted molar refractivity (Wildman–Crippen MR) is 89.4 cm³/mol. The fourth-order valence-electron chi connectivity index (χ4n) is 5.71. The number of hydrogen-bond donors (Lipinski definition) is 0. The maximum Gasteiger partial charge on any atom is 0.334 e. The summed E-state index contributed by atoms with van der Waals surface area (Å²) < 4.78 is 5.04. The monoisotopic (exact) mass is 302 g/mol. The molecule has 2 saturated carbocycles. The summed E-state index contributed by atoms with van der Waals surface area (Å²) in [5.41, 5.74) is 3.11. The van der Waals surface area contributed by atoms with E-state index in [1.54, 1.807) is 0 Å². The number of carbonyl (C=O) groups is 1. The van der Waals surface area contributed by atoms with E-state index in [4.69, 9.17) is 4.74 Å². The average molecular weight is 302 g/mol. The Balaban J connectivity index is 1.78. The maximum atomic E-state index is 11.7. The first-order chi connectivity index (χ1) is 10.3. The van der Waals surface area contributed by atoms with Gasteiger partial charge < -0.3 is 4.74 Å². The molecule has 0 aromatic rings. The van der Waals surface area contributed by atoms with E-state index < -0.39 is 0 Å². The van der Waals surface area contributed by atoms with Crippen LogP contribution in [0.3, 0.4) is 0 Å². The summed E-state index contributed by atoms with van der Waals surface area (Å²) >= 11 is 0. The second-order valence-electron chi connectivity index (χ2n) is 8.52. The lowest BCUT2D eigenvalue weighted by atomic mass is 9.47. The van der Waals surface area contributed by atoms with Crippen LogP contribution >= 0.6 is 0 Å². The highest BCUT2D eigenvalue weighted by molar-refractivity contribution is 5.90. The minimum absolute atomic E-state index is 0.105. The SMILES string of the molecule is C=C1CCC2C(C)(C)CCCC2(C)C1CCC1=CCOC1=O. The van der Waals surface area contributed by atoms with Crippen LogP contribution in [-0.2, 0) is 9.53 Å². The van der Waals surface area contributed by atoms with Crippen molar-refractivity contribution in [3.63, 3.8) is 0 Å². The van der Waals surface area contributed by atoms with Crippen LogP contribution in [0.1, 0.15) is 65.7 Å². The zero-order valence-electron chi connectivity index (χ0n) is 14.4. The number of ether oxygens (including phenoxy) is 1. The third kappa shape index (κ3) is 2.55. The summed E-state index contributed by atoms with van der Waals surface area (Å²) in [4.78, 5) is 11.7. The van der Waals surface area contributed by atoms with E-state index in [1.807, 2.05) is 6.08 Å². The van der Waals surface area contributed by atoms with E-state index in [0.717, 1.165) is 30.8 Å². The molecule has 3 unspecified atom stereocenters. The molecule has 0 amide bonds. The van der Waals surface area contributed by atoms with E-state index in [9.17, 15) is 4.79 Å². The molecule has 0 aromatic carbocycles. The molecular formula is C20H30O2. The second kappa shape index (κ2) is 5.54. The van der Waals surface area contributed by atoms with Crippen LogP contribution in [0.5, 0.6) is 0 Å². The molecule has 0 radical (unpaired) electrons. The Morgan fingerprint density at radius 3 is 2.77 bits per heavy atom. The van der Waals surface area contributed by atoms with Gasteiger partial charge in [0.05, 0.1) is 0 Å². The molecule has 0 aromatic heterocycles. The molecule has 22 heavy (non-hydrogen) atoms. The first-order valence-corrected chi connectivity index (χ1v) is 8.88. The molecular weight excluding hydrogens is 272 g/mol. The third-order valence-electron chi connectivity index (χ3n) is 6.83. The van der Waals surface area contributed by atoms with Gasteiger partial charge in [-0.3, -0.25) is 0 Å². The number of carbonyl (C=O) groups excluding carboxylic acids is 1. The second-order valence-corrected chi connectivity index (χ2v) is 8.52. The van der Waals surface area contributed by atoms with Crippen molar-refractivity contribution in [2.45, 2.75) is 65.7 Å². The van der Waals surface area contributed by atoms with Gasteiger partial charge in [-0.15, -0.1) is 0 Å². The molecule has 3 aliphatic rings. The molecule has 3 atom stereocenters. The number of fused-ring (bicyclic) bond motifs is 1. The first-order valence-electron chi connectivity index (χ1n) is 8.88. The van der Waals surface area contributed by atoms with Gasteiger partial charge in [-0.2, -0.15) is 0 Å². The van der Waals surface area contributed by atoms with Crippen molar-refractivity contribution in [2.75, 3.05) is 6.61 Å². The Kier molecular flexibility index (Phi) is 3.99. The summed E-state index contributed by atoms with van der Waals surface area (Å²) in [5, 5.41) is 0. The van der Waals surface area contributed by atoms with E-state index in [1.165, 1.54) is 31.3 Å². The highest BCUT2D eigenvalue weighted by Crippen LogP contribution is 2.61. The Labute approximate surface area is 135 Å². The quantitative estimate of drug-likeness (QED) is 0.539. The van der Waals surface area contributed by atoms with Crippen molar-refractivity contribution in [1.82, 2.24) is 0 Å². The van der Waals surface area contributed by atoms with Gasteiger partial charge in [-0.25, -0.2) is 4.79 Å². The molecule has 122 valence electrons. The standard InChI is InChI=1S/C20H30O2/c1-14-6-9-17-19(2,3)11-5-12-20(17,4)16(14)8-7-15-10-13-22-18(15)21/h10,16-17H,1,5-9,11-13H2,2-4H3. The molecule has 0 spiro atoms. The normalized spacial score (nSPS) is 37.5. The average Bonchev–Trinajstić information content (AvgIpc) is 2.82. The molecule has 1 heterocycles. The number of hydrogen-bond acceptors (Lipinski definition) is 2. The zero-order valence-corrected chi connectivity index (χ0v) is 14.4. The minimum Gasteiger partial charge on any atom is -0.458 e. The molecule has 0 bridgehead atoms. The van der Waals surface area contributed by atoms with E-state index in [0.29, 0.717) is 23.4 Å². The van der Waals surface area contributed by atoms with Crippen LogP contribution in [0.25, 0.3) is 0 Å². The van der Waals surface area contributed by atoms with Crippen molar-refractivity contribution >= 4 is 5.97 Å². The Bertz CT molecular complexity index is 514. The van der Waals surface area contributed by atoms with Crippen LogP contribution in [-0.4, -0.2) is 12.6 Å². The summed E-state index contributed by atoms with van der Waals surface area (Å²) in [5.74, 6) is 1.24. The summed E-state index contributed by atoms with van der Waals surface area (Å²) in [7, 11) is 0. The number of cyclic esters (lactones) is 1. The van der Waals surface area contributed by atoms with Gasteiger partial charge in [0.25, 0.3) is 0 Å². The van der Waals surface area contributed by atoms with Gasteiger partial charge in [0, 0.05) is 5.57 Å². The Morgan fingerprint density at radius 2 is 2.09 bits per heavy atom. The van der Waals surface area contributed by atoms with Crippen molar-refractivity contribution in [1.29, 1.82) is 0 Å². The van der Waals surface area contributed by atoms with Gasteiger partial charge in [-0.1, -0.05) is 39.3 Å². The summed E-state index contributed by atoms with van der Waals surface area (Å²) in [6, 6.07) is 0. The van der Waals surface area contributed by atoms with Gasteiger partial charge in [0.2, 0.25) is 0 Å². The van der Waals surface area contributed by atoms with Gasteiger partial charge in [-0.05, 0) is 67.3 Å². The van der Waals surface area contributed by atoms with E-state index >= 15 is 0 Å². The highest BCUT2D eigenvalue weighted by Gasteiger charge is 2.52. The molecule has 0 N–H and O–H groups in total. The van der Waals surface area contributed by atoms with Crippen molar-refractivity contribution in [3.05, 3.63) is 23.8 Å². The minimum atomic E-state index is -0.105. The summed E-state index contributed by atoms with van der Waals surface area (Å²) in [6.07, 6.45) is 10.3. The van der Waals surface area contributed by atoms with Crippen LogP contribution in [0, 0.1) is 22.7 Å². The topological polar surface area (TPSA) is 26.3 Å². The van der Waals surface area contributed by atoms with Crippen LogP contribution < -0.4 is 0 Å². The Hall–Kier alpha value is -1.05. The lowest BCUT2D eigenvalue weighted by molar-refractivity contribution is -0.136. The number of esters is 1. The number of allylic oxidation sites excluding steroid dienone is 1. The smallest absolute Gasteiger partial charge is 0.334 e. The molecule has 3 rings (SSSR count). The van der Waals surface area contributed by atoms with Gasteiger partial charge in [0.15, 0.2) is 0 Å².